The van der Waals surface area contributed by atoms with Gasteiger partial charge in [-0.1, -0.05) is 11.6 Å². The van der Waals surface area contributed by atoms with Crippen molar-refractivity contribution in [2.45, 2.75) is 12.5 Å². The summed E-state index contributed by atoms with van der Waals surface area (Å²) in [5.41, 5.74) is 6.47. The van der Waals surface area contributed by atoms with Crippen molar-refractivity contribution < 1.29 is 13.2 Å². The number of hydrogen-bond donors (Lipinski definition) is 3. The highest BCUT2D eigenvalue weighted by Crippen LogP contribution is 2.26. The van der Waals surface area contributed by atoms with Gasteiger partial charge in [0.25, 0.3) is 0 Å². The molecule has 21 heavy (non-hydrogen) atoms. The van der Waals surface area contributed by atoms with Crippen LogP contribution in [0.5, 0.6) is 0 Å². The van der Waals surface area contributed by atoms with E-state index in [4.69, 9.17) is 17.3 Å². The lowest BCUT2D eigenvalue weighted by Gasteiger charge is -2.13. The molecule has 0 fully saturated rings. The van der Waals surface area contributed by atoms with Crippen molar-refractivity contribution in [2.24, 2.45) is 5.73 Å². The molecule has 1 rings (SSSR count). The Hall–Kier alpha value is -0.960. The first-order valence-electron chi connectivity index (χ1n) is 6.05. The number of nitrogens with one attached hydrogen (secondary N) is 2. The van der Waals surface area contributed by atoms with Crippen LogP contribution in [0.2, 0.25) is 5.02 Å². The zero-order valence-corrected chi connectivity index (χ0v) is 14.1. The van der Waals surface area contributed by atoms with E-state index < -0.39 is 16.1 Å². The summed E-state index contributed by atoms with van der Waals surface area (Å²) in [6.07, 6.45) is 3.55. The third-order valence-corrected chi connectivity index (χ3v) is 4.05. The summed E-state index contributed by atoms with van der Waals surface area (Å²) >= 11 is 7.59. The van der Waals surface area contributed by atoms with E-state index in [1.54, 1.807) is 17.8 Å². The van der Waals surface area contributed by atoms with Gasteiger partial charge in [0.05, 0.1) is 23.0 Å². The van der Waals surface area contributed by atoms with Gasteiger partial charge < -0.3 is 11.1 Å². The highest BCUT2D eigenvalue weighted by molar-refractivity contribution is 7.98. The molecule has 118 valence electrons. The third kappa shape index (κ3) is 6.56. The molecule has 0 aliphatic carbocycles. The van der Waals surface area contributed by atoms with Crippen LogP contribution in [-0.2, 0) is 14.8 Å². The number of sulfonamides is 1. The Morgan fingerprint density at radius 1 is 1.48 bits per heavy atom. The van der Waals surface area contributed by atoms with Crippen molar-refractivity contribution in [1.29, 1.82) is 0 Å². The molecule has 0 aliphatic heterocycles. The van der Waals surface area contributed by atoms with Crippen LogP contribution in [0.3, 0.4) is 0 Å². The van der Waals surface area contributed by atoms with Gasteiger partial charge in [-0.05, 0) is 36.6 Å². The SMILES string of the molecule is CSCC[C@@H](N)C(=O)Nc1ccc(NS(C)(=O)=O)c(Cl)c1. The normalized spacial score (nSPS) is 12.8. The number of amides is 1. The molecule has 0 radical (unpaired) electrons. The molecule has 0 bridgehead atoms. The first kappa shape index (κ1) is 18.1. The predicted octanol–water partition coefficient (Wildman–Crippen LogP) is 1.73. The maximum atomic E-state index is 11.8. The molecule has 9 heteroatoms. The Morgan fingerprint density at radius 3 is 2.67 bits per heavy atom. The van der Waals surface area contributed by atoms with E-state index in [0.29, 0.717) is 12.1 Å². The van der Waals surface area contributed by atoms with Gasteiger partial charge in [0.2, 0.25) is 15.9 Å². The summed E-state index contributed by atoms with van der Waals surface area (Å²) in [6, 6.07) is 3.91. The summed E-state index contributed by atoms with van der Waals surface area (Å²) in [5.74, 6) is 0.496. The average molecular weight is 352 g/mol. The number of hydrogen-bond acceptors (Lipinski definition) is 5. The standard InChI is InChI=1S/C12H18ClN3O3S2/c1-20-6-5-10(14)12(17)15-8-3-4-11(9(13)7-8)16-21(2,18)19/h3-4,7,10,16H,5-6,14H2,1-2H3,(H,15,17)/t10-/m1/s1. The van der Waals surface area contributed by atoms with E-state index in [1.807, 2.05) is 6.26 Å². The lowest BCUT2D eigenvalue weighted by Crippen LogP contribution is -2.36. The van der Waals surface area contributed by atoms with Gasteiger partial charge in [-0.15, -0.1) is 0 Å². The summed E-state index contributed by atoms with van der Waals surface area (Å²) < 4.78 is 24.6. The highest BCUT2D eigenvalue weighted by Gasteiger charge is 2.14. The second-order valence-corrected chi connectivity index (χ2v) is 7.59. The molecule has 0 aromatic heterocycles. The van der Waals surface area contributed by atoms with E-state index in [1.165, 1.54) is 12.1 Å². The van der Waals surface area contributed by atoms with Crippen molar-refractivity contribution in [2.75, 3.05) is 28.3 Å². The van der Waals surface area contributed by atoms with Gasteiger partial charge in [0, 0.05) is 5.69 Å². The molecule has 0 saturated carbocycles. The fourth-order valence-corrected chi connectivity index (χ4v) is 2.84. The highest BCUT2D eigenvalue weighted by atomic mass is 35.5. The molecular weight excluding hydrogens is 334 g/mol. The quantitative estimate of drug-likeness (QED) is 0.694. The number of nitrogens with two attached hydrogens (primary N) is 1. The van der Waals surface area contributed by atoms with Crippen molar-refractivity contribution >= 4 is 50.7 Å². The largest absolute Gasteiger partial charge is 0.325 e. The fraction of sp³-hybridized carbons (Fsp3) is 0.417. The molecule has 1 atom stereocenters. The van der Waals surface area contributed by atoms with Crippen LogP contribution in [0.1, 0.15) is 6.42 Å². The number of benzene rings is 1. The third-order valence-electron chi connectivity index (χ3n) is 2.50. The molecule has 0 aliphatic rings. The minimum Gasteiger partial charge on any atom is -0.325 e. The maximum absolute atomic E-state index is 11.8. The van der Waals surface area contributed by atoms with E-state index in [-0.39, 0.29) is 16.6 Å². The Balaban J connectivity index is 2.73. The molecule has 0 unspecified atom stereocenters. The first-order chi connectivity index (χ1) is 9.73. The second-order valence-electron chi connectivity index (χ2n) is 4.45. The molecule has 6 nitrogen and oxygen atoms in total. The van der Waals surface area contributed by atoms with Crippen LogP contribution < -0.4 is 15.8 Å². The van der Waals surface area contributed by atoms with Gasteiger partial charge in [-0.2, -0.15) is 11.8 Å². The van der Waals surface area contributed by atoms with Crippen molar-refractivity contribution in [3.8, 4) is 0 Å². The summed E-state index contributed by atoms with van der Waals surface area (Å²) in [6.45, 7) is 0. The van der Waals surface area contributed by atoms with Gasteiger partial charge >= 0.3 is 0 Å². The Morgan fingerprint density at radius 2 is 2.14 bits per heavy atom. The van der Waals surface area contributed by atoms with E-state index in [0.717, 1.165) is 12.0 Å². The number of rotatable bonds is 7. The lowest BCUT2D eigenvalue weighted by atomic mass is 10.2. The summed E-state index contributed by atoms with van der Waals surface area (Å²) in [4.78, 5) is 11.8. The molecule has 1 amide bonds. The smallest absolute Gasteiger partial charge is 0.241 e. The Bertz CT molecular complexity index is 608. The fourth-order valence-electron chi connectivity index (χ4n) is 1.49. The average Bonchev–Trinajstić information content (AvgIpc) is 2.37. The molecule has 0 saturated heterocycles. The molecule has 0 heterocycles. The molecule has 4 N–H and O–H groups in total. The van der Waals surface area contributed by atoms with Gasteiger partial charge in [-0.3, -0.25) is 9.52 Å². The molecule has 0 spiro atoms. The maximum Gasteiger partial charge on any atom is 0.241 e. The van der Waals surface area contributed by atoms with Gasteiger partial charge in [-0.25, -0.2) is 8.42 Å². The monoisotopic (exact) mass is 351 g/mol. The van der Waals surface area contributed by atoms with Crippen molar-refractivity contribution in [1.82, 2.24) is 0 Å². The minimum absolute atomic E-state index is 0.191. The van der Waals surface area contributed by atoms with Crippen LogP contribution in [0.4, 0.5) is 11.4 Å². The van der Waals surface area contributed by atoms with Crippen molar-refractivity contribution in [3.05, 3.63) is 23.2 Å². The van der Waals surface area contributed by atoms with Crippen LogP contribution >= 0.6 is 23.4 Å². The molecule has 1 aromatic rings. The first-order valence-corrected chi connectivity index (χ1v) is 9.72. The van der Waals surface area contributed by atoms with Crippen LogP contribution in [0, 0.1) is 0 Å². The molecule has 1 aromatic carbocycles. The lowest BCUT2D eigenvalue weighted by molar-refractivity contribution is -0.117. The Kier molecular flexibility index (Phi) is 6.79. The predicted molar refractivity (Wildman–Crippen MR) is 89.5 cm³/mol. The van der Waals surface area contributed by atoms with E-state index in [9.17, 15) is 13.2 Å². The topological polar surface area (TPSA) is 101 Å². The van der Waals surface area contributed by atoms with Gasteiger partial charge in [0.1, 0.15) is 0 Å². The number of anilines is 2. The van der Waals surface area contributed by atoms with Crippen LogP contribution in [0.25, 0.3) is 0 Å². The number of thioether (sulfide) groups is 1. The number of halogens is 1. The second kappa shape index (κ2) is 7.88. The molecular formula is C12H18ClN3O3S2. The number of carbonyl (C=O) groups excluding carboxylic acids is 1. The Labute approximate surface area is 133 Å². The summed E-state index contributed by atoms with van der Waals surface area (Å²) in [5, 5.41) is 2.84. The van der Waals surface area contributed by atoms with Crippen molar-refractivity contribution in [3.63, 3.8) is 0 Å². The van der Waals surface area contributed by atoms with E-state index >= 15 is 0 Å². The van der Waals surface area contributed by atoms with E-state index in [2.05, 4.69) is 10.0 Å². The number of carbonyl (C=O) groups is 1. The van der Waals surface area contributed by atoms with Crippen LogP contribution in [0.15, 0.2) is 18.2 Å². The zero-order valence-electron chi connectivity index (χ0n) is 11.7. The van der Waals surface area contributed by atoms with Gasteiger partial charge in [0.15, 0.2) is 0 Å². The minimum atomic E-state index is -3.40. The van der Waals surface area contributed by atoms with Crippen LogP contribution in [-0.4, -0.2) is 38.6 Å². The summed E-state index contributed by atoms with van der Waals surface area (Å²) in [7, 11) is -3.40. The zero-order chi connectivity index (χ0) is 16.0.